The van der Waals surface area contributed by atoms with Gasteiger partial charge in [-0.05, 0) is 0 Å². The molecular formula is C11H9NO3. The van der Waals surface area contributed by atoms with E-state index in [1.54, 1.807) is 36.4 Å². The molecule has 0 aliphatic heterocycles. The van der Waals surface area contributed by atoms with Gasteiger partial charge in [0.2, 0.25) is 5.92 Å². The van der Waals surface area contributed by atoms with Gasteiger partial charge in [-0.15, -0.1) is 0 Å². The zero-order chi connectivity index (χ0) is 11.3. The maximum Gasteiger partial charge on any atom is 0.331 e. The van der Waals surface area contributed by atoms with E-state index >= 15 is 0 Å². The molecule has 0 amide bonds. The van der Waals surface area contributed by atoms with Crippen molar-refractivity contribution in [1.82, 2.24) is 0 Å². The second kappa shape index (κ2) is 4.91. The molecule has 0 radical (unpaired) electrons. The number of nitriles is 1. The van der Waals surface area contributed by atoms with Crippen LogP contribution in [0.3, 0.4) is 0 Å². The number of hydrogen-bond acceptors (Lipinski definition) is 4. The largest absolute Gasteiger partial charge is 0.468 e. The molecule has 4 heteroatoms. The van der Waals surface area contributed by atoms with Crippen molar-refractivity contribution in [3.8, 4) is 6.07 Å². The molecule has 0 N–H and O–H groups in total. The number of methoxy groups -OCH3 is 1. The first-order valence-electron chi connectivity index (χ1n) is 4.27. The molecule has 0 spiro atoms. The predicted octanol–water partition coefficient (Wildman–Crippen LogP) is 1.18. The summed E-state index contributed by atoms with van der Waals surface area (Å²) in [5.74, 6) is -2.74. The fraction of sp³-hybridized carbons (Fsp3) is 0.182. The molecule has 0 aliphatic carbocycles. The Bertz CT molecular complexity index is 406. The number of nitrogens with zero attached hydrogens (tertiary/aromatic N) is 1. The van der Waals surface area contributed by atoms with Gasteiger partial charge in [-0.2, -0.15) is 5.26 Å². The number of Topliss-reactive ketones (excluding diaryl/α,β-unsaturated/α-hetero) is 1. The first-order valence-corrected chi connectivity index (χ1v) is 4.27. The summed E-state index contributed by atoms with van der Waals surface area (Å²) >= 11 is 0. The van der Waals surface area contributed by atoms with E-state index in [9.17, 15) is 9.59 Å². The molecule has 0 saturated heterocycles. The van der Waals surface area contributed by atoms with Crippen molar-refractivity contribution in [3.05, 3.63) is 35.9 Å². The first kappa shape index (κ1) is 10.9. The molecule has 0 heterocycles. The van der Waals surface area contributed by atoms with E-state index in [1.165, 1.54) is 0 Å². The van der Waals surface area contributed by atoms with E-state index in [0.717, 1.165) is 7.11 Å². The van der Waals surface area contributed by atoms with Gasteiger partial charge < -0.3 is 4.74 Å². The lowest BCUT2D eigenvalue weighted by Crippen LogP contribution is -2.23. The highest BCUT2D eigenvalue weighted by Gasteiger charge is 2.27. The molecule has 0 bridgehead atoms. The molecule has 0 fully saturated rings. The maximum atomic E-state index is 11.7. The number of esters is 1. The lowest BCUT2D eigenvalue weighted by Gasteiger charge is -2.05. The van der Waals surface area contributed by atoms with Crippen LogP contribution in [0.15, 0.2) is 30.3 Å². The van der Waals surface area contributed by atoms with Gasteiger partial charge in [-0.3, -0.25) is 9.59 Å². The van der Waals surface area contributed by atoms with Crippen molar-refractivity contribution >= 4 is 11.8 Å². The van der Waals surface area contributed by atoms with Crippen molar-refractivity contribution in [2.24, 2.45) is 5.92 Å². The minimum atomic E-state index is -1.38. The Morgan fingerprint density at radius 2 is 1.93 bits per heavy atom. The lowest BCUT2D eigenvalue weighted by molar-refractivity contribution is -0.141. The maximum absolute atomic E-state index is 11.7. The van der Waals surface area contributed by atoms with Crippen LogP contribution in [0.2, 0.25) is 0 Å². The van der Waals surface area contributed by atoms with Crippen LogP contribution in [0, 0.1) is 17.2 Å². The normalized spacial score (nSPS) is 11.2. The third-order valence-electron chi connectivity index (χ3n) is 1.89. The van der Waals surface area contributed by atoms with Gasteiger partial charge in [-0.25, -0.2) is 0 Å². The molecule has 0 saturated carbocycles. The van der Waals surface area contributed by atoms with Crippen LogP contribution in [0.25, 0.3) is 0 Å². The number of ether oxygens (including phenoxy) is 1. The van der Waals surface area contributed by atoms with Crippen molar-refractivity contribution in [2.75, 3.05) is 7.11 Å². The second-order valence-corrected chi connectivity index (χ2v) is 2.82. The molecule has 1 atom stereocenters. The predicted molar refractivity (Wildman–Crippen MR) is 51.9 cm³/mol. The molecule has 15 heavy (non-hydrogen) atoms. The van der Waals surface area contributed by atoms with Crippen molar-refractivity contribution < 1.29 is 14.3 Å². The van der Waals surface area contributed by atoms with Crippen LogP contribution >= 0.6 is 0 Å². The Balaban J connectivity index is 2.94. The molecule has 0 aromatic heterocycles. The fourth-order valence-corrected chi connectivity index (χ4v) is 1.11. The van der Waals surface area contributed by atoms with Crippen LogP contribution in [0.5, 0.6) is 0 Å². The fourth-order valence-electron chi connectivity index (χ4n) is 1.11. The Labute approximate surface area is 87.1 Å². The van der Waals surface area contributed by atoms with Gasteiger partial charge in [0.1, 0.15) is 0 Å². The van der Waals surface area contributed by atoms with Crippen LogP contribution in [-0.2, 0) is 9.53 Å². The summed E-state index contributed by atoms with van der Waals surface area (Å²) in [7, 11) is 1.14. The average molecular weight is 203 g/mol. The Kier molecular flexibility index (Phi) is 3.58. The Morgan fingerprint density at radius 3 is 2.40 bits per heavy atom. The molecule has 1 aromatic rings. The van der Waals surface area contributed by atoms with Gasteiger partial charge in [0.15, 0.2) is 5.78 Å². The van der Waals surface area contributed by atoms with E-state index in [0.29, 0.717) is 5.56 Å². The third-order valence-corrected chi connectivity index (χ3v) is 1.89. The number of rotatable bonds is 3. The molecule has 1 aromatic carbocycles. The Morgan fingerprint density at radius 1 is 1.33 bits per heavy atom. The van der Waals surface area contributed by atoms with Crippen molar-refractivity contribution in [2.45, 2.75) is 0 Å². The molecule has 0 aliphatic rings. The standard InChI is InChI=1S/C11H9NO3/c1-15-11(14)9(7-12)10(13)8-5-3-2-4-6-8/h2-6,9H,1H3/t9-/m1/s1. The molecular weight excluding hydrogens is 194 g/mol. The highest BCUT2D eigenvalue weighted by atomic mass is 16.5. The number of benzene rings is 1. The smallest absolute Gasteiger partial charge is 0.331 e. The SMILES string of the molecule is COC(=O)[C@H](C#N)C(=O)c1ccccc1. The van der Waals surface area contributed by atoms with Gasteiger partial charge in [-0.1, -0.05) is 30.3 Å². The van der Waals surface area contributed by atoms with E-state index in [4.69, 9.17) is 5.26 Å². The van der Waals surface area contributed by atoms with E-state index < -0.39 is 17.7 Å². The van der Waals surface area contributed by atoms with Gasteiger partial charge in [0.05, 0.1) is 13.2 Å². The van der Waals surface area contributed by atoms with Gasteiger partial charge >= 0.3 is 5.97 Å². The van der Waals surface area contributed by atoms with E-state index in [1.807, 2.05) is 0 Å². The summed E-state index contributed by atoms with van der Waals surface area (Å²) in [5, 5.41) is 8.69. The van der Waals surface area contributed by atoms with Crippen LogP contribution < -0.4 is 0 Å². The van der Waals surface area contributed by atoms with E-state index in [-0.39, 0.29) is 0 Å². The molecule has 4 nitrogen and oxygen atoms in total. The molecule has 0 unspecified atom stereocenters. The third kappa shape index (κ3) is 2.41. The first-order chi connectivity index (χ1) is 7.20. The van der Waals surface area contributed by atoms with Gasteiger partial charge in [0, 0.05) is 5.56 Å². The van der Waals surface area contributed by atoms with Crippen LogP contribution in [-0.4, -0.2) is 18.9 Å². The van der Waals surface area contributed by atoms with Crippen LogP contribution in [0.4, 0.5) is 0 Å². The van der Waals surface area contributed by atoms with Crippen molar-refractivity contribution in [1.29, 1.82) is 5.26 Å². The summed E-state index contributed by atoms with van der Waals surface area (Å²) in [4.78, 5) is 22.7. The lowest BCUT2D eigenvalue weighted by atomic mass is 9.99. The zero-order valence-electron chi connectivity index (χ0n) is 8.14. The Hall–Kier alpha value is -2.15. The number of hydrogen-bond donors (Lipinski definition) is 0. The summed E-state index contributed by atoms with van der Waals surface area (Å²) in [5.41, 5.74) is 0.328. The molecule has 76 valence electrons. The summed E-state index contributed by atoms with van der Waals surface area (Å²) in [6.45, 7) is 0. The van der Waals surface area contributed by atoms with Crippen molar-refractivity contribution in [3.63, 3.8) is 0 Å². The quantitative estimate of drug-likeness (QED) is 0.420. The minimum absolute atomic E-state index is 0.328. The number of carbonyl (C=O) groups is 2. The zero-order valence-corrected chi connectivity index (χ0v) is 8.14. The van der Waals surface area contributed by atoms with Crippen LogP contribution in [0.1, 0.15) is 10.4 Å². The summed E-state index contributed by atoms with van der Waals surface area (Å²) < 4.78 is 4.36. The highest BCUT2D eigenvalue weighted by Crippen LogP contribution is 2.09. The minimum Gasteiger partial charge on any atom is -0.468 e. The monoisotopic (exact) mass is 203 g/mol. The summed E-state index contributed by atoms with van der Waals surface area (Å²) in [6.07, 6.45) is 0. The second-order valence-electron chi connectivity index (χ2n) is 2.82. The van der Waals surface area contributed by atoms with Gasteiger partial charge in [0.25, 0.3) is 0 Å². The highest BCUT2D eigenvalue weighted by molar-refractivity contribution is 6.10. The van der Waals surface area contributed by atoms with E-state index in [2.05, 4.69) is 4.74 Å². The number of carbonyl (C=O) groups excluding carboxylic acids is 2. The average Bonchev–Trinajstić information content (AvgIpc) is 2.30. The number of ketones is 1. The topological polar surface area (TPSA) is 67.2 Å². The summed E-state index contributed by atoms with van der Waals surface area (Å²) in [6, 6.07) is 9.81. The molecule has 1 rings (SSSR count).